The lowest BCUT2D eigenvalue weighted by atomic mass is 10.2. The zero-order valence-corrected chi connectivity index (χ0v) is 11.7. The molecule has 1 aromatic heterocycles. The first-order chi connectivity index (χ1) is 8.66. The molecule has 0 saturated carbocycles. The van der Waals surface area contributed by atoms with E-state index in [0.29, 0.717) is 21.7 Å². The molecule has 0 radical (unpaired) electrons. The van der Waals surface area contributed by atoms with Crippen LogP contribution in [0.4, 0.5) is 0 Å². The lowest BCUT2D eigenvalue weighted by Gasteiger charge is -2.06. The van der Waals surface area contributed by atoms with Crippen LogP contribution in [0, 0.1) is 0 Å². The molecule has 0 aliphatic carbocycles. The Kier molecular flexibility index (Phi) is 4.33. The number of nitrogens with one attached hydrogen (secondary N) is 1. The number of rotatable bonds is 3. The fourth-order valence-electron chi connectivity index (χ4n) is 1.43. The maximum absolute atomic E-state index is 11.8. The molecule has 92 valence electrons. The Labute approximate surface area is 118 Å². The van der Waals surface area contributed by atoms with Gasteiger partial charge in [0, 0.05) is 17.8 Å². The third-order valence-corrected chi connectivity index (χ3v) is 3.22. The van der Waals surface area contributed by atoms with E-state index >= 15 is 0 Å². The number of benzene rings is 1. The summed E-state index contributed by atoms with van der Waals surface area (Å²) >= 11 is 9.22. The van der Waals surface area contributed by atoms with Gasteiger partial charge in [0.2, 0.25) is 0 Å². The minimum atomic E-state index is -0.171. The van der Waals surface area contributed by atoms with Gasteiger partial charge < -0.3 is 5.32 Å². The van der Waals surface area contributed by atoms with Crippen LogP contribution in [-0.2, 0) is 6.54 Å². The van der Waals surface area contributed by atoms with E-state index in [-0.39, 0.29) is 5.91 Å². The fraction of sp³-hybridized carbons (Fsp3) is 0.0769. The number of halogens is 2. The van der Waals surface area contributed by atoms with Gasteiger partial charge in [0.05, 0.1) is 5.56 Å². The first-order valence-electron chi connectivity index (χ1n) is 5.30. The van der Waals surface area contributed by atoms with E-state index in [9.17, 15) is 4.79 Å². The topological polar surface area (TPSA) is 42.0 Å². The third kappa shape index (κ3) is 3.31. The second-order valence-corrected chi connectivity index (χ2v) is 4.86. The standard InChI is InChI=1S/C13H10BrClN2O/c14-12-6-5-10(8-16-12)13(18)17-7-9-3-1-2-4-11(9)15/h1-6,8H,7H2,(H,17,18). The van der Waals surface area contributed by atoms with Crippen LogP contribution in [0.5, 0.6) is 0 Å². The molecule has 5 heteroatoms. The number of amides is 1. The summed E-state index contributed by atoms with van der Waals surface area (Å²) in [5.41, 5.74) is 1.41. The Morgan fingerprint density at radius 3 is 2.72 bits per heavy atom. The molecule has 1 N–H and O–H groups in total. The van der Waals surface area contributed by atoms with Crippen LogP contribution in [0.1, 0.15) is 15.9 Å². The predicted molar refractivity (Wildman–Crippen MR) is 74.6 cm³/mol. The van der Waals surface area contributed by atoms with Crippen molar-refractivity contribution >= 4 is 33.4 Å². The molecule has 0 unspecified atom stereocenters. The number of carbonyl (C=O) groups excluding carboxylic acids is 1. The number of aromatic nitrogens is 1. The maximum atomic E-state index is 11.8. The van der Waals surface area contributed by atoms with Crippen molar-refractivity contribution in [1.29, 1.82) is 0 Å². The number of carbonyl (C=O) groups is 1. The smallest absolute Gasteiger partial charge is 0.253 e. The summed E-state index contributed by atoms with van der Waals surface area (Å²) in [4.78, 5) is 15.8. The van der Waals surface area contributed by atoms with Gasteiger partial charge in [-0.3, -0.25) is 4.79 Å². The summed E-state index contributed by atoms with van der Waals surface area (Å²) in [7, 11) is 0. The Morgan fingerprint density at radius 1 is 1.28 bits per heavy atom. The molecule has 2 rings (SSSR count). The summed E-state index contributed by atoms with van der Waals surface area (Å²) in [6, 6.07) is 10.8. The van der Waals surface area contributed by atoms with E-state index in [2.05, 4.69) is 26.2 Å². The molecule has 1 heterocycles. The van der Waals surface area contributed by atoms with Gasteiger partial charge in [0.1, 0.15) is 4.60 Å². The molecular formula is C13H10BrClN2O. The second kappa shape index (κ2) is 5.98. The van der Waals surface area contributed by atoms with E-state index in [1.807, 2.05) is 18.2 Å². The van der Waals surface area contributed by atoms with E-state index in [4.69, 9.17) is 11.6 Å². The number of hydrogen-bond donors (Lipinski definition) is 1. The highest BCUT2D eigenvalue weighted by Crippen LogP contribution is 2.14. The quantitative estimate of drug-likeness (QED) is 0.879. The van der Waals surface area contributed by atoms with Crippen LogP contribution in [-0.4, -0.2) is 10.9 Å². The van der Waals surface area contributed by atoms with E-state index in [1.165, 1.54) is 6.20 Å². The van der Waals surface area contributed by atoms with Gasteiger partial charge in [-0.1, -0.05) is 29.8 Å². The number of nitrogens with zero attached hydrogens (tertiary/aromatic N) is 1. The van der Waals surface area contributed by atoms with Crippen LogP contribution >= 0.6 is 27.5 Å². The van der Waals surface area contributed by atoms with Crippen molar-refractivity contribution in [3.05, 3.63) is 63.3 Å². The molecule has 1 aromatic carbocycles. The van der Waals surface area contributed by atoms with Crippen molar-refractivity contribution in [1.82, 2.24) is 10.3 Å². The van der Waals surface area contributed by atoms with Crippen molar-refractivity contribution in [3.63, 3.8) is 0 Å². The van der Waals surface area contributed by atoms with Crippen molar-refractivity contribution < 1.29 is 4.79 Å². The van der Waals surface area contributed by atoms with Crippen molar-refractivity contribution in [3.8, 4) is 0 Å². The van der Waals surface area contributed by atoms with E-state index in [0.717, 1.165) is 5.56 Å². The Bertz CT molecular complexity index is 557. The molecule has 18 heavy (non-hydrogen) atoms. The summed E-state index contributed by atoms with van der Waals surface area (Å²) < 4.78 is 0.699. The Balaban J connectivity index is 2.01. The van der Waals surface area contributed by atoms with Crippen molar-refractivity contribution in [2.75, 3.05) is 0 Å². The van der Waals surface area contributed by atoms with Crippen LogP contribution in [0.15, 0.2) is 47.2 Å². The molecule has 0 atom stereocenters. The third-order valence-electron chi connectivity index (χ3n) is 2.39. The largest absolute Gasteiger partial charge is 0.348 e. The summed E-state index contributed by atoms with van der Waals surface area (Å²) in [6.45, 7) is 0.397. The van der Waals surface area contributed by atoms with E-state index < -0.39 is 0 Å². The molecule has 0 fully saturated rings. The van der Waals surface area contributed by atoms with Gasteiger partial charge in [-0.2, -0.15) is 0 Å². The van der Waals surface area contributed by atoms with Crippen LogP contribution in [0.2, 0.25) is 5.02 Å². The molecule has 0 spiro atoms. The number of pyridine rings is 1. The molecule has 3 nitrogen and oxygen atoms in total. The molecular weight excluding hydrogens is 316 g/mol. The number of hydrogen-bond acceptors (Lipinski definition) is 2. The van der Waals surface area contributed by atoms with E-state index in [1.54, 1.807) is 18.2 Å². The zero-order valence-electron chi connectivity index (χ0n) is 9.36. The minimum Gasteiger partial charge on any atom is -0.348 e. The summed E-state index contributed by atoms with van der Waals surface area (Å²) in [6.07, 6.45) is 1.52. The molecule has 0 saturated heterocycles. The first kappa shape index (κ1) is 13.1. The van der Waals surface area contributed by atoms with Crippen molar-refractivity contribution in [2.24, 2.45) is 0 Å². The van der Waals surface area contributed by atoms with Crippen LogP contribution < -0.4 is 5.32 Å². The van der Waals surface area contributed by atoms with Crippen LogP contribution in [0.25, 0.3) is 0 Å². The van der Waals surface area contributed by atoms with Gasteiger partial charge in [0.15, 0.2) is 0 Å². The van der Waals surface area contributed by atoms with Crippen molar-refractivity contribution in [2.45, 2.75) is 6.54 Å². The van der Waals surface area contributed by atoms with Crippen LogP contribution in [0.3, 0.4) is 0 Å². The monoisotopic (exact) mass is 324 g/mol. The Morgan fingerprint density at radius 2 is 2.06 bits per heavy atom. The summed E-state index contributed by atoms with van der Waals surface area (Å²) in [5, 5.41) is 3.44. The Hall–Kier alpha value is -1.39. The molecule has 0 aliphatic rings. The zero-order chi connectivity index (χ0) is 13.0. The maximum Gasteiger partial charge on any atom is 0.253 e. The second-order valence-electron chi connectivity index (χ2n) is 3.64. The molecule has 1 amide bonds. The molecule has 0 bridgehead atoms. The van der Waals surface area contributed by atoms with Gasteiger partial charge in [0.25, 0.3) is 5.91 Å². The van der Waals surface area contributed by atoms with Gasteiger partial charge in [-0.15, -0.1) is 0 Å². The molecule has 0 aliphatic heterocycles. The predicted octanol–water partition coefficient (Wildman–Crippen LogP) is 3.43. The lowest BCUT2D eigenvalue weighted by Crippen LogP contribution is -2.23. The minimum absolute atomic E-state index is 0.171. The molecule has 2 aromatic rings. The average molecular weight is 326 g/mol. The highest BCUT2D eigenvalue weighted by atomic mass is 79.9. The van der Waals surface area contributed by atoms with Gasteiger partial charge >= 0.3 is 0 Å². The van der Waals surface area contributed by atoms with Gasteiger partial charge in [-0.05, 0) is 39.7 Å². The normalized spacial score (nSPS) is 10.1. The SMILES string of the molecule is O=C(NCc1ccccc1Cl)c1ccc(Br)nc1. The fourth-order valence-corrected chi connectivity index (χ4v) is 1.87. The van der Waals surface area contributed by atoms with Gasteiger partial charge in [-0.25, -0.2) is 4.98 Å². The highest BCUT2D eigenvalue weighted by Gasteiger charge is 2.06. The summed E-state index contributed by atoms with van der Waals surface area (Å²) in [5.74, 6) is -0.171. The highest BCUT2D eigenvalue weighted by molar-refractivity contribution is 9.10. The lowest BCUT2D eigenvalue weighted by molar-refractivity contribution is 0.0950. The first-order valence-corrected chi connectivity index (χ1v) is 6.47. The average Bonchev–Trinajstić information content (AvgIpc) is 2.38.